The minimum atomic E-state index is -3.32. The Morgan fingerprint density at radius 1 is 1.25 bits per heavy atom. The lowest BCUT2D eigenvalue weighted by molar-refractivity contribution is -0.147. The maximum Gasteiger partial charge on any atom is 0.310 e. The van der Waals surface area contributed by atoms with Gasteiger partial charge in [-0.1, -0.05) is 49.1 Å². The van der Waals surface area contributed by atoms with E-state index in [0.29, 0.717) is 17.9 Å². The van der Waals surface area contributed by atoms with Crippen LogP contribution in [0.5, 0.6) is 0 Å². The highest BCUT2D eigenvalue weighted by atomic mass is 35.5. The minimum Gasteiger partial charge on any atom is -0.466 e. The molecule has 4 nitrogen and oxygen atoms in total. The van der Waals surface area contributed by atoms with Gasteiger partial charge in [-0.05, 0) is 37.8 Å². The Bertz CT molecular complexity index is 651. The molecule has 2 rings (SSSR count). The molecule has 0 N–H and O–H groups in total. The van der Waals surface area contributed by atoms with Crippen molar-refractivity contribution in [3.8, 4) is 0 Å². The van der Waals surface area contributed by atoms with Gasteiger partial charge < -0.3 is 4.74 Å². The smallest absolute Gasteiger partial charge is 0.310 e. The van der Waals surface area contributed by atoms with Gasteiger partial charge >= 0.3 is 5.97 Å². The zero-order chi connectivity index (χ0) is 17.6. The highest BCUT2D eigenvalue weighted by Gasteiger charge is 2.33. The van der Waals surface area contributed by atoms with Crippen molar-refractivity contribution in [2.24, 2.45) is 5.92 Å². The molecule has 0 saturated heterocycles. The van der Waals surface area contributed by atoms with Crippen LogP contribution in [0.2, 0.25) is 5.02 Å². The van der Waals surface area contributed by atoms with Gasteiger partial charge in [-0.15, -0.1) is 0 Å². The highest BCUT2D eigenvalue weighted by Crippen LogP contribution is 2.27. The number of carbonyl (C=O) groups is 1. The van der Waals surface area contributed by atoms with Gasteiger partial charge in [-0.25, -0.2) is 8.42 Å². The van der Waals surface area contributed by atoms with E-state index in [9.17, 15) is 13.2 Å². The van der Waals surface area contributed by atoms with Crippen LogP contribution in [0.25, 0.3) is 0 Å². The van der Waals surface area contributed by atoms with Crippen molar-refractivity contribution in [2.45, 2.75) is 50.7 Å². The molecule has 1 aliphatic rings. The maximum absolute atomic E-state index is 12.7. The van der Waals surface area contributed by atoms with Crippen molar-refractivity contribution in [2.75, 3.05) is 12.4 Å². The first-order chi connectivity index (χ1) is 11.4. The third-order valence-electron chi connectivity index (χ3n) is 4.54. The van der Waals surface area contributed by atoms with Crippen molar-refractivity contribution in [1.29, 1.82) is 0 Å². The number of esters is 1. The lowest BCUT2D eigenvalue weighted by Gasteiger charge is -2.24. The van der Waals surface area contributed by atoms with Gasteiger partial charge in [0.05, 0.1) is 23.5 Å². The standard InChI is InChI=1S/C18H25ClO4S/c1-2-23-18(20)15(12-14-8-6-7-11-17(14)19)13-24(21,22)16-9-4-3-5-10-16/h6-8,11,15-16H,2-5,9-10,12-13H2,1H3. The Morgan fingerprint density at radius 2 is 1.92 bits per heavy atom. The number of ether oxygens (including phenoxy) is 1. The van der Waals surface area contributed by atoms with E-state index >= 15 is 0 Å². The molecule has 1 unspecified atom stereocenters. The summed E-state index contributed by atoms with van der Waals surface area (Å²) in [4.78, 5) is 12.3. The summed E-state index contributed by atoms with van der Waals surface area (Å²) in [6, 6.07) is 7.21. The summed E-state index contributed by atoms with van der Waals surface area (Å²) in [5, 5.41) is 0.219. The number of benzene rings is 1. The zero-order valence-electron chi connectivity index (χ0n) is 14.0. The van der Waals surface area contributed by atoms with Gasteiger partial charge in [0.1, 0.15) is 0 Å². The van der Waals surface area contributed by atoms with Gasteiger partial charge in [0.25, 0.3) is 0 Å². The van der Waals surface area contributed by atoms with E-state index in [0.717, 1.165) is 24.8 Å². The van der Waals surface area contributed by atoms with Crippen molar-refractivity contribution < 1.29 is 17.9 Å². The number of carbonyl (C=O) groups excluding carboxylic acids is 1. The fraction of sp³-hybridized carbons (Fsp3) is 0.611. The number of sulfone groups is 1. The molecule has 1 fully saturated rings. The fourth-order valence-electron chi connectivity index (χ4n) is 3.24. The first kappa shape index (κ1) is 19.3. The van der Waals surface area contributed by atoms with E-state index in [1.54, 1.807) is 13.0 Å². The Hall–Kier alpha value is -1.07. The zero-order valence-corrected chi connectivity index (χ0v) is 15.6. The number of rotatable bonds is 7. The summed E-state index contributed by atoms with van der Waals surface area (Å²) in [6.45, 7) is 1.96. The topological polar surface area (TPSA) is 60.4 Å². The molecule has 1 aromatic carbocycles. The molecule has 0 amide bonds. The summed E-state index contributed by atoms with van der Waals surface area (Å²) in [5.74, 6) is -1.34. The predicted molar refractivity (Wildman–Crippen MR) is 95.9 cm³/mol. The van der Waals surface area contributed by atoms with Crippen molar-refractivity contribution in [3.63, 3.8) is 0 Å². The van der Waals surface area contributed by atoms with Crippen LogP contribution in [0.4, 0.5) is 0 Å². The molecular formula is C18H25ClO4S. The summed E-state index contributed by atoms with van der Waals surface area (Å²) >= 11 is 6.17. The van der Waals surface area contributed by atoms with E-state index in [-0.39, 0.29) is 24.0 Å². The molecule has 0 heterocycles. The first-order valence-electron chi connectivity index (χ1n) is 8.55. The fourth-order valence-corrected chi connectivity index (χ4v) is 5.59. The Labute approximate surface area is 149 Å². The molecule has 0 radical (unpaired) electrons. The third kappa shape index (κ3) is 5.21. The van der Waals surface area contributed by atoms with Crippen LogP contribution in [0, 0.1) is 5.92 Å². The normalized spacial score (nSPS) is 17.4. The second-order valence-corrected chi connectivity index (χ2v) is 9.07. The molecule has 1 aromatic rings. The molecule has 1 aliphatic carbocycles. The Kier molecular flexibility index (Phi) is 7.11. The second kappa shape index (κ2) is 8.86. The van der Waals surface area contributed by atoms with Crippen LogP contribution in [-0.2, 0) is 25.8 Å². The van der Waals surface area contributed by atoms with Crippen LogP contribution < -0.4 is 0 Å². The van der Waals surface area contributed by atoms with Crippen LogP contribution in [0.15, 0.2) is 24.3 Å². The number of halogens is 1. The predicted octanol–water partition coefficient (Wildman–Crippen LogP) is 3.81. The monoisotopic (exact) mass is 372 g/mol. The van der Waals surface area contributed by atoms with Crippen LogP contribution in [0.3, 0.4) is 0 Å². The number of hydrogen-bond donors (Lipinski definition) is 0. The highest BCUT2D eigenvalue weighted by molar-refractivity contribution is 7.92. The van der Waals surface area contributed by atoms with Gasteiger partial charge in [-0.2, -0.15) is 0 Å². The van der Waals surface area contributed by atoms with Crippen LogP contribution in [-0.4, -0.2) is 32.0 Å². The van der Waals surface area contributed by atoms with Gasteiger partial charge in [-0.3, -0.25) is 4.79 Å². The van der Waals surface area contributed by atoms with Crippen molar-refractivity contribution in [1.82, 2.24) is 0 Å². The van der Waals surface area contributed by atoms with Crippen LogP contribution >= 0.6 is 11.6 Å². The molecule has 0 aliphatic heterocycles. The van der Waals surface area contributed by atoms with E-state index in [1.807, 2.05) is 18.2 Å². The van der Waals surface area contributed by atoms with Gasteiger partial charge in [0.15, 0.2) is 9.84 Å². The maximum atomic E-state index is 12.7. The molecule has 134 valence electrons. The average Bonchev–Trinajstić information content (AvgIpc) is 2.57. The van der Waals surface area contributed by atoms with Crippen LogP contribution in [0.1, 0.15) is 44.6 Å². The molecule has 1 atom stereocenters. The first-order valence-corrected chi connectivity index (χ1v) is 10.6. The lowest BCUT2D eigenvalue weighted by atomic mass is 10.0. The summed E-state index contributed by atoms with van der Waals surface area (Å²) in [7, 11) is -3.32. The van der Waals surface area contributed by atoms with E-state index in [2.05, 4.69) is 0 Å². The number of hydrogen-bond acceptors (Lipinski definition) is 4. The van der Waals surface area contributed by atoms with Crippen molar-refractivity contribution >= 4 is 27.4 Å². The molecule has 6 heteroatoms. The van der Waals surface area contributed by atoms with E-state index < -0.39 is 21.7 Å². The molecule has 0 spiro atoms. The Balaban J connectivity index is 2.16. The SMILES string of the molecule is CCOC(=O)C(Cc1ccccc1Cl)CS(=O)(=O)C1CCCCC1. The lowest BCUT2D eigenvalue weighted by Crippen LogP contribution is -2.34. The van der Waals surface area contributed by atoms with Crippen molar-refractivity contribution in [3.05, 3.63) is 34.9 Å². The quantitative estimate of drug-likeness (QED) is 0.683. The molecular weight excluding hydrogens is 348 g/mol. The van der Waals surface area contributed by atoms with E-state index in [1.165, 1.54) is 0 Å². The molecule has 1 saturated carbocycles. The average molecular weight is 373 g/mol. The van der Waals surface area contributed by atoms with Gasteiger partial charge in [0.2, 0.25) is 0 Å². The second-order valence-electron chi connectivity index (χ2n) is 6.33. The summed E-state index contributed by atoms with van der Waals surface area (Å²) in [6.07, 6.45) is 4.66. The largest absolute Gasteiger partial charge is 0.466 e. The van der Waals surface area contributed by atoms with Gasteiger partial charge in [0, 0.05) is 5.02 Å². The minimum absolute atomic E-state index is 0.165. The summed E-state index contributed by atoms with van der Waals surface area (Å²) in [5.41, 5.74) is 0.774. The molecule has 0 bridgehead atoms. The Morgan fingerprint density at radius 3 is 2.54 bits per heavy atom. The third-order valence-corrected chi connectivity index (χ3v) is 7.26. The van der Waals surface area contributed by atoms with E-state index in [4.69, 9.17) is 16.3 Å². The molecule has 24 heavy (non-hydrogen) atoms. The summed E-state index contributed by atoms with van der Waals surface area (Å²) < 4.78 is 30.6. The molecule has 0 aromatic heterocycles.